The van der Waals surface area contributed by atoms with Gasteiger partial charge in [-0.1, -0.05) is 0 Å². The van der Waals surface area contributed by atoms with Crippen molar-refractivity contribution >= 4 is 11.0 Å². The van der Waals surface area contributed by atoms with E-state index in [9.17, 15) is 9.18 Å². The molecule has 0 aliphatic carbocycles. The lowest BCUT2D eigenvalue weighted by Crippen LogP contribution is -2.05. The fourth-order valence-electron chi connectivity index (χ4n) is 2.75. The lowest BCUT2D eigenvalue weighted by molar-refractivity contribution is 0.326. The Bertz CT molecular complexity index is 1020. The Morgan fingerprint density at radius 1 is 0.846 bits per heavy atom. The molecular formula is C19H17FO6. The minimum Gasteiger partial charge on any atom is -0.494 e. The number of ether oxygens (including phenoxy) is 4. The molecule has 6 nitrogen and oxygen atoms in total. The van der Waals surface area contributed by atoms with Crippen molar-refractivity contribution in [1.29, 1.82) is 0 Å². The maximum Gasteiger partial charge on any atom is 0.204 e. The van der Waals surface area contributed by atoms with Gasteiger partial charge in [0, 0.05) is 17.7 Å². The summed E-state index contributed by atoms with van der Waals surface area (Å²) in [5.41, 5.74) is 0.282. The van der Waals surface area contributed by atoms with Crippen molar-refractivity contribution in [3.8, 4) is 34.3 Å². The van der Waals surface area contributed by atoms with Gasteiger partial charge in [0.1, 0.15) is 16.7 Å². The van der Waals surface area contributed by atoms with E-state index >= 15 is 0 Å². The summed E-state index contributed by atoms with van der Waals surface area (Å²) in [5, 5.41) is 0.211. The summed E-state index contributed by atoms with van der Waals surface area (Å²) in [6.07, 6.45) is 0. The average Bonchev–Trinajstić information content (AvgIpc) is 2.65. The number of benzene rings is 2. The summed E-state index contributed by atoms with van der Waals surface area (Å²) in [6.45, 7) is 0. The van der Waals surface area contributed by atoms with E-state index in [1.54, 1.807) is 6.07 Å². The van der Waals surface area contributed by atoms with Gasteiger partial charge in [-0.05, 0) is 18.2 Å². The van der Waals surface area contributed by atoms with Gasteiger partial charge in [-0.15, -0.1) is 0 Å². The van der Waals surface area contributed by atoms with Gasteiger partial charge in [-0.3, -0.25) is 4.79 Å². The van der Waals surface area contributed by atoms with E-state index in [1.165, 1.54) is 52.7 Å². The van der Waals surface area contributed by atoms with E-state index in [0.717, 1.165) is 0 Å². The Morgan fingerprint density at radius 3 is 2.12 bits per heavy atom. The first-order valence-electron chi connectivity index (χ1n) is 7.64. The summed E-state index contributed by atoms with van der Waals surface area (Å²) in [6, 6.07) is 7.11. The van der Waals surface area contributed by atoms with Crippen LogP contribution in [0.15, 0.2) is 39.5 Å². The molecule has 0 fully saturated rings. The van der Waals surface area contributed by atoms with Crippen LogP contribution in [0.4, 0.5) is 4.39 Å². The smallest absolute Gasteiger partial charge is 0.204 e. The van der Waals surface area contributed by atoms with Gasteiger partial charge in [-0.2, -0.15) is 0 Å². The van der Waals surface area contributed by atoms with Gasteiger partial charge in [0.2, 0.25) is 5.75 Å². The van der Waals surface area contributed by atoms with Gasteiger partial charge in [0.15, 0.2) is 28.5 Å². The number of hydrogen-bond acceptors (Lipinski definition) is 6. The van der Waals surface area contributed by atoms with Gasteiger partial charge in [0.05, 0.1) is 28.4 Å². The quantitative estimate of drug-likeness (QED) is 0.692. The molecule has 0 N–H and O–H groups in total. The lowest BCUT2D eigenvalue weighted by atomic mass is 10.1. The highest BCUT2D eigenvalue weighted by molar-refractivity contribution is 5.90. The fourth-order valence-corrected chi connectivity index (χ4v) is 2.75. The maximum absolute atomic E-state index is 14.0. The number of halogens is 1. The molecule has 0 bridgehead atoms. The van der Waals surface area contributed by atoms with Crippen molar-refractivity contribution in [1.82, 2.24) is 0 Å². The second kappa shape index (κ2) is 6.95. The van der Waals surface area contributed by atoms with Crippen molar-refractivity contribution in [2.75, 3.05) is 28.4 Å². The van der Waals surface area contributed by atoms with Crippen LogP contribution >= 0.6 is 0 Å². The van der Waals surface area contributed by atoms with Crippen molar-refractivity contribution in [2.45, 2.75) is 0 Å². The zero-order valence-electron chi connectivity index (χ0n) is 14.7. The molecule has 3 aromatic rings. The maximum atomic E-state index is 14.0. The highest BCUT2D eigenvalue weighted by Gasteiger charge is 2.21. The standard InChI is InChI=1S/C19H17FO6/c1-22-13-6-5-10(7-11(13)20)14-8-12(21)17-15(26-14)9-16(23-2)18(24-3)19(17)25-4/h5-9H,1-4H3. The molecule has 1 heterocycles. The van der Waals surface area contributed by atoms with Crippen LogP contribution in [0.2, 0.25) is 0 Å². The molecule has 26 heavy (non-hydrogen) atoms. The predicted octanol–water partition coefficient (Wildman–Crippen LogP) is 3.63. The van der Waals surface area contributed by atoms with E-state index in [-0.39, 0.29) is 39.4 Å². The minimum absolute atomic E-state index is 0.102. The van der Waals surface area contributed by atoms with Gasteiger partial charge in [0.25, 0.3) is 0 Å². The highest BCUT2D eigenvalue weighted by Crippen LogP contribution is 2.42. The lowest BCUT2D eigenvalue weighted by Gasteiger charge is -2.14. The monoisotopic (exact) mass is 360 g/mol. The molecule has 2 aromatic carbocycles. The van der Waals surface area contributed by atoms with Gasteiger partial charge >= 0.3 is 0 Å². The second-order valence-corrected chi connectivity index (χ2v) is 5.34. The largest absolute Gasteiger partial charge is 0.494 e. The summed E-state index contributed by atoms with van der Waals surface area (Å²) in [4.78, 5) is 12.7. The van der Waals surface area contributed by atoms with Crippen LogP contribution < -0.4 is 24.4 Å². The fraction of sp³-hybridized carbons (Fsp3) is 0.211. The van der Waals surface area contributed by atoms with E-state index in [0.29, 0.717) is 11.3 Å². The Morgan fingerprint density at radius 2 is 1.54 bits per heavy atom. The summed E-state index contributed by atoms with van der Waals surface area (Å²) in [5.74, 6) is 0.597. The minimum atomic E-state index is -0.558. The first kappa shape index (κ1) is 17.6. The molecule has 0 unspecified atom stereocenters. The first-order valence-corrected chi connectivity index (χ1v) is 7.64. The van der Waals surface area contributed by atoms with Crippen molar-refractivity contribution in [3.05, 3.63) is 46.4 Å². The Labute approximate surface area is 148 Å². The molecule has 0 aliphatic rings. The summed E-state index contributed by atoms with van der Waals surface area (Å²) >= 11 is 0. The van der Waals surface area contributed by atoms with Crippen molar-refractivity contribution < 1.29 is 27.8 Å². The second-order valence-electron chi connectivity index (χ2n) is 5.34. The van der Waals surface area contributed by atoms with Crippen LogP contribution in [0.1, 0.15) is 0 Å². The molecule has 3 rings (SSSR count). The van der Waals surface area contributed by atoms with Crippen LogP contribution in [0.5, 0.6) is 23.0 Å². The molecule has 1 aromatic heterocycles. The molecule has 0 aliphatic heterocycles. The average molecular weight is 360 g/mol. The molecule has 7 heteroatoms. The normalized spacial score (nSPS) is 10.7. The van der Waals surface area contributed by atoms with Crippen molar-refractivity contribution in [3.63, 3.8) is 0 Å². The Kier molecular flexibility index (Phi) is 4.71. The van der Waals surface area contributed by atoms with E-state index in [2.05, 4.69) is 0 Å². The molecule has 0 spiro atoms. The van der Waals surface area contributed by atoms with Crippen LogP contribution in [-0.2, 0) is 0 Å². The first-order chi connectivity index (χ1) is 12.5. The molecular weight excluding hydrogens is 343 g/mol. The van der Waals surface area contributed by atoms with Crippen molar-refractivity contribution in [2.24, 2.45) is 0 Å². The third-order valence-electron chi connectivity index (χ3n) is 3.96. The molecule has 0 atom stereocenters. The summed E-state index contributed by atoms with van der Waals surface area (Å²) in [7, 11) is 5.70. The molecule has 0 saturated heterocycles. The van der Waals surface area contributed by atoms with Gasteiger partial charge in [-0.25, -0.2) is 4.39 Å². The zero-order valence-corrected chi connectivity index (χ0v) is 14.7. The highest BCUT2D eigenvalue weighted by atomic mass is 19.1. The van der Waals surface area contributed by atoms with Gasteiger partial charge < -0.3 is 23.4 Å². The Balaban J connectivity index is 2.28. The van der Waals surface area contributed by atoms with E-state index in [1.807, 2.05) is 0 Å². The number of fused-ring (bicyclic) bond motifs is 1. The zero-order chi connectivity index (χ0) is 18.8. The Hall–Kier alpha value is -3.22. The van der Waals surface area contributed by atoms with Crippen LogP contribution in [0.3, 0.4) is 0 Å². The molecule has 0 saturated carbocycles. The number of hydrogen-bond donors (Lipinski definition) is 0. The van der Waals surface area contributed by atoms with Crippen LogP contribution in [0, 0.1) is 5.82 Å². The third-order valence-corrected chi connectivity index (χ3v) is 3.96. The molecule has 0 radical (unpaired) electrons. The molecule has 0 amide bonds. The topological polar surface area (TPSA) is 67.1 Å². The summed E-state index contributed by atoms with van der Waals surface area (Å²) < 4.78 is 40.6. The van der Waals surface area contributed by atoms with E-state index in [4.69, 9.17) is 23.4 Å². The van der Waals surface area contributed by atoms with E-state index < -0.39 is 5.82 Å². The van der Waals surface area contributed by atoms with Crippen LogP contribution in [-0.4, -0.2) is 28.4 Å². The third kappa shape index (κ3) is 2.81. The number of methoxy groups -OCH3 is 4. The SMILES string of the molecule is COc1ccc(-c2cc(=O)c3c(OC)c(OC)c(OC)cc3o2)cc1F. The molecule has 136 valence electrons. The van der Waals surface area contributed by atoms with Crippen LogP contribution in [0.25, 0.3) is 22.3 Å². The predicted molar refractivity (Wildman–Crippen MR) is 94.1 cm³/mol. The number of rotatable bonds is 5.